The van der Waals surface area contributed by atoms with Crippen molar-refractivity contribution < 1.29 is 0 Å². The van der Waals surface area contributed by atoms with E-state index in [0.29, 0.717) is 5.92 Å². The predicted molar refractivity (Wildman–Crippen MR) is 171 cm³/mol. The Hall–Kier alpha value is -4.94. The van der Waals surface area contributed by atoms with Crippen LogP contribution in [0, 0.1) is 0 Å². The molecular formula is C40H32. The molecule has 0 heterocycles. The zero-order chi connectivity index (χ0) is 27.0. The van der Waals surface area contributed by atoms with E-state index in [4.69, 9.17) is 0 Å². The van der Waals surface area contributed by atoms with E-state index in [1.807, 2.05) is 0 Å². The normalized spacial score (nSPS) is 14.2. The SMILES string of the molecule is C1=CC(c2ccc(C=C(c3ccccc3)c3ccccc3)cc2)CC=C1C=C(c1ccccc1)c1ccccc1. The first-order chi connectivity index (χ1) is 19.8. The molecule has 1 aliphatic rings. The average Bonchev–Trinajstić information content (AvgIpc) is 3.05. The highest BCUT2D eigenvalue weighted by molar-refractivity contribution is 5.91. The lowest BCUT2D eigenvalue weighted by molar-refractivity contribution is 0.848. The van der Waals surface area contributed by atoms with Crippen LogP contribution in [0.25, 0.3) is 17.2 Å². The maximum atomic E-state index is 2.37. The minimum atomic E-state index is 0.384. The molecule has 40 heavy (non-hydrogen) atoms. The number of hydrogen-bond acceptors (Lipinski definition) is 0. The highest BCUT2D eigenvalue weighted by Crippen LogP contribution is 2.32. The lowest BCUT2D eigenvalue weighted by Crippen LogP contribution is -1.99. The van der Waals surface area contributed by atoms with Crippen LogP contribution >= 0.6 is 0 Å². The predicted octanol–water partition coefficient (Wildman–Crippen LogP) is 10.4. The Kier molecular flexibility index (Phi) is 7.78. The van der Waals surface area contributed by atoms with E-state index in [1.165, 1.54) is 50.1 Å². The van der Waals surface area contributed by atoms with Gasteiger partial charge in [-0.3, -0.25) is 0 Å². The van der Waals surface area contributed by atoms with E-state index in [2.05, 4.69) is 176 Å². The van der Waals surface area contributed by atoms with Crippen LogP contribution < -0.4 is 0 Å². The molecular weight excluding hydrogens is 480 g/mol. The van der Waals surface area contributed by atoms with Crippen molar-refractivity contribution >= 4 is 17.2 Å². The molecule has 0 aromatic heterocycles. The summed E-state index contributed by atoms with van der Waals surface area (Å²) in [6, 6.07) is 51.6. The van der Waals surface area contributed by atoms with Gasteiger partial charge in [0.1, 0.15) is 0 Å². The zero-order valence-corrected chi connectivity index (χ0v) is 22.5. The second kappa shape index (κ2) is 12.3. The van der Waals surface area contributed by atoms with Gasteiger partial charge in [-0.05, 0) is 68.7 Å². The van der Waals surface area contributed by atoms with Gasteiger partial charge in [-0.25, -0.2) is 0 Å². The summed E-state index contributed by atoms with van der Waals surface area (Å²) in [6.45, 7) is 0. The second-order valence-electron chi connectivity index (χ2n) is 10.2. The summed E-state index contributed by atoms with van der Waals surface area (Å²) in [7, 11) is 0. The summed E-state index contributed by atoms with van der Waals surface area (Å²) < 4.78 is 0. The Balaban J connectivity index is 1.22. The molecule has 1 unspecified atom stereocenters. The number of hydrogen-bond donors (Lipinski definition) is 0. The Morgan fingerprint density at radius 1 is 0.475 bits per heavy atom. The Morgan fingerprint density at radius 3 is 1.30 bits per heavy atom. The van der Waals surface area contributed by atoms with Gasteiger partial charge in [-0.2, -0.15) is 0 Å². The Bertz CT molecular complexity index is 1570. The fourth-order valence-corrected chi connectivity index (χ4v) is 5.30. The van der Waals surface area contributed by atoms with Gasteiger partial charge in [0.15, 0.2) is 0 Å². The smallest absolute Gasteiger partial charge is 0.00561 e. The van der Waals surface area contributed by atoms with Crippen LogP contribution in [0.5, 0.6) is 0 Å². The van der Waals surface area contributed by atoms with Crippen molar-refractivity contribution in [3.8, 4) is 0 Å². The Labute approximate surface area is 238 Å². The van der Waals surface area contributed by atoms with E-state index in [0.717, 1.165) is 6.42 Å². The maximum Gasteiger partial charge on any atom is 0.00561 e. The summed E-state index contributed by atoms with van der Waals surface area (Å²) in [6.07, 6.45) is 12.6. The molecule has 192 valence electrons. The summed E-state index contributed by atoms with van der Waals surface area (Å²) >= 11 is 0. The molecule has 1 aliphatic carbocycles. The lowest BCUT2D eigenvalue weighted by Gasteiger charge is -2.17. The molecule has 5 aromatic carbocycles. The third-order valence-electron chi connectivity index (χ3n) is 7.45. The molecule has 0 saturated heterocycles. The first-order valence-electron chi connectivity index (χ1n) is 14.0. The molecule has 0 radical (unpaired) electrons. The first kappa shape index (κ1) is 25.3. The van der Waals surface area contributed by atoms with Gasteiger partial charge in [0, 0.05) is 5.92 Å². The summed E-state index contributed by atoms with van der Waals surface area (Å²) in [5.41, 5.74) is 11.2. The van der Waals surface area contributed by atoms with Crippen LogP contribution in [0.1, 0.15) is 45.7 Å². The summed E-state index contributed by atoms with van der Waals surface area (Å²) in [5.74, 6) is 0.384. The molecule has 0 spiro atoms. The van der Waals surface area contributed by atoms with Crippen molar-refractivity contribution in [2.24, 2.45) is 0 Å². The van der Waals surface area contributed by atoms with Crippen molar-refractivity contribution in [3.63, 3.8) is 0 Å². The van der Waals surface area contributed by atoms with Gasteiger partial charge in [0.25, 0.3) is 0 Å². The molecule has 0 fully saturated rings. The van der Waals surface area contributed by atoms with E-state index in [1.54, 1.807) is 0 Å². The number of allylic oxidation sites excluding steroid dienone is 5. The second-order valence-corrected chi connectivity index (χ2v) is 10.2. The molecule has 0 heteroatoms. The first-order valence-corrected chi connectivity index (χ1v) is 14.0. The Morgan fingerprint density at radius 2 is 0.900 bits per heavy atom. The third kappa shape index (κ3) is 6.03. The van der Waals surface area contributed by atoms with Crippen molar-refractivity contribution in [2.75, 3.05) is 0 Å². The van der Waals surface area contributed by atoms with Gasteiger partial charge in [-0.15, -0.1) is 0 Å². The highest BCUT2D eigenvalue weighted by atomic mass is 14.2. The fourth-order valence-electron chi connectivity index (χ4n) is 5.30. The van der Waals surface area contributed by atoms with Crippen LogP contribution in [0.3, 0.4) is 0 Å². The average molecular weight is 513 g/mol. The zero-order valence-electron chi connectivity index (χ0n) is 22.5. The maximum absolute atomic E-state index is 2.37. The van der Waals surface area contributed by atoms with Crippen LogP contribution in [0.15, 0.2) is 175 Å². The number of benzene rings is 5. The quantitative estimate of drug-likeness (QED) is 0.190. The molecule has 5 aromatic rings. The van der Waals surface area contributed by atoms with Crippen molar-refractivity contribution in [1.29, 1.82) is 0 Å². The number of rotatable bonds is 7. The van der Waals surface area contributed by atoms with Gasteiger partial charge < -0.3 is 0 Å². The molecule has 0 bridgehead atoms. The van der Waals surface area contributed by atoms with Gasteiger partial charge >= 0.3 is 0 Å². The topological polar surface area (TPSA) is 0 Å². The lowest BCUT2D eigenvalue weighted by atomic mass is 9.88. The van der Waals surface area contributed by atoms with Crippen LogP contribution in [-0.2, 0) is 0 Å². The van der Waals surface area contributed by atoms with Crippen molar-refractivity contribution in [3.05, 3.63) is 209 Å². The monoisotopic (exact) mass is 512 g/mol. The molecule has 0 aliphatic heterocycles. The van der Waals surface area contributed by atoms with E-state index in [-0.39, 0.29) is 0 Å². The third-order valence-corrected chi connectivity index (χ3v) is 7.45. The van der Waals surface area contributed by atoms with Crippen molar-refractivity contribution in [1.82, 2.24) is 0 Å². The standard InChI is InChI=1S/C40H32/c1-5-13-35(14-6-1)39(36-15-7-2-8-16-36)29-31-21-25-33(26-22-31)34-27-23-32(24-28-34)30-40(37-17-9-3-10-18-37)38-19-11-4-12-20-38/h1-27,29-30,34H,28H2. The van der Waals surface area contributed by atoms with Gasteiger partial charge in [0.2, 0.25) is 0 Å². The molecule has 6 rings (SSSR count). The molecule has 1 atom stereocenters. The van der Waals surface area contributed by atoms with Crippen LogP contribution in [0.4, 0.5) is 0 Å². The minimum absolute atomic E-state index is 0.384. The minimum Gasteiger partial charge on any atom is -0.0763 e. The van der Waals surface area contributed by atoms with E-state index >= 15 is 0 Å². The molecule has 0 N–H and O–H groups in total. The van der Waals surface area contributed by atoms with Gasteiger partial charge in [-0.1, -0.05) is 164 Å². The van der Waals surface area contributed by atoms with Crippen molar-refractivity contribution in [2.45, 2.75) is 12.3 Å². The largest absolute Gasteiger partial charge is 0.0763 e. The molecule has 0 nitrogen and oxygen atoms in total. The van der Waals surface area contributed by atoms with Crippen LogP contribution in [0.2, 0.25) is 0 Å². The molecule has 0 saturated carbocycles. The fraction of sp³-hybridized carbons (Fsp3) is 0.0500. The van der Waals surface area contributed by atoms with E-state index < -0.39 is 0 Å². The van der Waals surface area contributed by atoms with Gasteiger partial charge in [0.05, 0.1) is 0 Å². The highest BCUT2D eigenvalue weighted by Gasteiger charge is 2.12. The summed E-state index contributed by atoms with van der Waals surface area (Å²) in [4.78, 5) is 0. The van der Waals surface area contributed by atoms with E-state index in [9.17, 15) is 0 Å². The molecule has 0 amide bonds. The summed E-state index contributed by atoms with van der Waals surface area (Å²) in [5, 5.41) is 0. The van der Waals surface area contributed by atoms with Crippen LogP contribution in [-0.4, -0.2) is 0 Å².